The molecule has 0 radical (unpaired) electrons. The van der Waals surface area contributed by atoms with Crippen LogP contribution in [-0.2, 0) is 0 Å². The summed E-state index contributed by atoms with van der Waals surface area (Å²) in [5.74, 6) is 0. The number of rotatable bonds is 0. The smallest absolute Gasteiger partial charge is 0.100 e. The summed E-state index contributed by atoms with van der Waals surface area (Å²) in [7, 11) is 0. The summed E-state index contributed by atoms with van der Waals surface area (Å²) in [6, 6.07) is 5.57. The largest absolute Gasteiger partial charge is 0.345 e. The average Bonchev–Trinajstić information content (AvgIpc) is 2.49. The van der Waals surface area contributed by atoms with Crippen LogP contribution in [0.1, 0.15) is 5.56 Å². The Morgan fingerprint density at radius 1 is 1.50 bits per heavy atom. The van der Waals surface area contributed by atoms with E-state index in [0.29, 0.717) is 10.5 Å². The monoisotopic (exact) mass is 175 g/mol. The van der Waals surface area contributed by atoms with Crippen molar-refractivity contribution in [3.8, 4) is 6.07 Å². The number of thiol groups is 1. The number of nitrogens with one attached hydrogen (secondary N) is 1. The maximum Gasteiger partial charge on any atom is 0.100 e. The Balaban J connectivity index is 2.84. The highest BCUT2D eigenvalue weighted by Gasteiger charge is 2.01. The highest BCUT2D eigenvalue weighted by molar-refractivity contribution is 7.80. The van der Waals surface area contributed by atoms with Gasteiger partial charge in [-0.25, -0.2) is 4.98 Å². The fraction of sp³-hybridized carbons (Fsp3) is 0. The molecule has 1 aromatic heterocycles. The maximum absolute atomic E-state index is 8.68. The number of benzene rings is 1. The van der Waals surface area contributed by atoms with Crippen LogP contribution in [0.3, 0.4) is 0 Å². The van der Waals surface area contributed by atoms with Gasteiger partial charge in [0.2, 0.25) is 0 Å². The normalized spacial score (nSPS) is 10.0. The van der Waals surface area contributed by atoms with Gasteiger partial charge in [0.05, 0.1) is 22.9 Å². The van der Waals surface area contributed by atoms with Gasteiger partial charge in [0.25, 0.3) is 0 Å². The predicted octanol–water partition coefficient (Wildman–Crippen LogP) is 1.72. The van der Waals surface area contributed by atoms with Crippen LogP contribution < -0.4 is 0 Å². The van der Waals surface area contributed by atoms with Crippen LogP contribution in [0.5, 0.6) is 0 Å². The number of fused-ring (bicyclic) bond motifs is 1. The van der Waals surface area contributed by atoms with E-state index in [2.05, 4.69) is 28.7 Å². The van der Waals surface area contributed by atoms with Crippen LogP contribution >= 0.6 is 12.6 Å². The van der Waals surface area contributed by atoms with Gasteiger partial charge in [-0.05, 0) is 12.1 Å². The molecule has 0 amide bonds. The van der Waals surface area contributed by atoms with Gasteiger partial charge >= 0.3 is 0 Å². The van der Waals surface area contributed by atoms with E-state index in [4.69, 9.17) is 5.26 Å². The number of aromatic nitrogens is 2. The molecule has 0 spiro atoms. The van der Waals surface area contributed by atoms with Crippen LogP contribution in [0, 0.1) is 11.3 Å². The fourth-order valence-corrected chi connectivity index (χ4v) is 1.30. The van der Waals surface area contributed by atoms with Crippen molar-refractivity contribution >= 4 is 23.7 Å². The summed E-state index contributed by atoms with van der Waals surface area (Å²) >= 11 is 4.15. The van der Waals surface area contributed by atoms with Gasteiger partial charge in [-0.3, -0.25) is 0 Å². The van der Waals surface area contributed by atoms with Crippen molar-refractivity contribution in [2.24, 2.45) is 0 Å². The van der Waals surface area contributed by atoms with Crippen molar-refractivity contribution in [1.29, 1.82) is 5.26 Å². The molecule has 0 bridgehead atoms. The molecule has 0 aliphatic heterocycles. The van der Waals surface area contributed by atoms with Crippen LogP contribution in [0.25, 0.3) is 11.0 Å². The summed E-state index contributed by atoms with van der Waals surface area (Å²) < 4.78 is 0. The molecule has 3 nitrogen and oxygen atoms in total. The van der Waals surface area contributed by atoms with E-state index in [1.54, 1.807) is 18.5 Å². The number of imidazole rings is 1. The number of hydrogen-bond donors (Lipinski definition) is 2. The van der Waals surface area contributed by atoms with Crippen molar-refractivity contribution in [2.45, 2.75) is 4.90 Å². The molecule has 58 valence electrons. The lowest BCUT2D eigenvalue weighted by Gasteiger charge is -1.94. The van der Waals surface area contributed by atoms with Crippen LogP contribution in [0.2, 0.25) is 0 Å². The van der Waals surface area contributed by atoms with Gasteiger partial charge < -0.3 is 4.98 Å². The molecule has 1 heterocycles. The van der Waals surface area contributed by atoms with Crippen molar-refractivity contribution in [3.63, 3.8) is 0 Å². The van der Waals surface area contributed by atoms with Gasteiger partial charge in [-0.1, -0.05) is 0 Å². The minimum atomic E-state index is 0.565. The van der Waals surface area contributed by atoms with E-state index in [-0.39, 0.29) is 0 Å². The zero-order chi connectivity index (χ0) is 8.55. The molecular formula is C8H5N3S. The van der Waals surface area contributed by atoms with E-state index < -0.39 is 0 Å². The molecule has 0 aliphatic rings. The Morgan fingerprint density at radius 3 is 3.08 bits per heavy atom. The third kappa shape index (κ3) is 0.953. The molecule has 0 saturated carbocycles. The van der Waals surface area contributed by atoms with Crippen LogP contribution in [0.15, 0.2) is 23.4 Å². The Bertz CT molecular complexity index is 467. The number of nitriles is 1. The first kappa shape index (κ1) is 7.19. The second kappa shape index (κ2) is 2.54. The minimum absolute atomic E-state index is 0.565. The Labute approximate surface area is 74.5 Å². The van der Waals surface area contributed by atoms with Gasteiger partial charge in [0, 0.05) is 4.90 Å². The van der Waals surface area contributed by atoms with E-state index in [9.17, 15) is 0 Å². The Morgan fingerprint density at radius 2 is 2.33 bits per heavy atom. The molecule has 2 aromatic rings. The highest BCUT2D eigenvalue weighted by atomic mass is 32.1. The lowest BCUT2D eigenvalue weighted by molar-refractivity contribution is 1.34. The van der Waals surface area contributed by atoms with Gasteiger partial charge in [-0.2, -0.15) is 5.26 Å². The summed E-state index contributed by atoms with van der Waals surface area (Å²) in [6.45, 7) is 0. The Kier molecular flexibility index (Phi) is 1.52. The molecule has 1 aromatic carbocycles. The molecule has 2 rings (SSSR count). The molecule has 0 fully saturated rings. The van der Waals surface area contributed by atoms with Gasteiger partial charge in [-0.15, -0.1) is 12.6 Å². The quantitative estimate of drug-likeness (QED) is 0.599. The number of nitrogens with zero attached hydrogens (tertiary/aromatic N) is 2. The lowest BCUT2D eigenvalue weighted by Crippen LogP contribution is -1.78. The van der Waals surface area contributed by atoms with E-state index >= 15 is 0 Å². The SMILES string of the molecule is N#Cc1cc2[nH]cnc2cc1S. The van der Waals surface area contributed by atoms with E-state index in [1.807, 2.05) is 0 Å². The van der Waals surface area contributed by atoms with Crippen molar-refractivity contribution in [1.82, 2.24) is 9.97 Å². The third-order valence-corrected chi connectivity index (χ3v) is 2.03. The van der Waals surface area contributed by atoms with Crippen molar-refractivity contribution < 1.29 is 0 Å². The molecule has 0 saturated heterocycles. The topological polar surface area (TPSA) is 52.5 Å². The molecule has 1 N–H and O–H groups in total. The zero-order valence-electron chi connectivity index (χ0n) is 6.07. The molecule has 0 unspecified atom stereocenters. The predicted molar refractivity (Wildman–Crippen MR) is 48.1 cm³/mol. The third-order valence-electron chi connectivity index (χ3n) is 1.66. The molecule has 0 atom stereocenters. The van der Waals surface area contributed by atoms with E-state index in [1.165, 1.54) is 0 Å². The maximum atomic E-state index is 8.68. The standard InChI is InChI=1S/C8H5N3S/c9-3-5-1-6-7(2-8(5)12)11-4-10-6/h1-2,4,12H,(H,10,11). The summed E-state index contributed by atoms with van der Waals surface area (Å²) in [4.78, 5) is 7.63. The Hall–Kier alpha value is -1.47. The van der Waals surface area contributed by atoms with Crippen molar-refractivity contribution in [3.05, 3.63) is 24.0 Å². The summed E-state index contributed by atoms with van der Waals surface area (Å²) in [5, 5.41) is 8.68. The molecular weight excluding hydrogens is 170 g/mol. The number of H-pyrrole nitrogens is 1. The number of hydrogen-bond acceptors (Lipinski definition) is 3. The van der Waals surface area contributed by atoms with E-state index in [0.717, 1.165) is 11.0 Å². The molecule has 12 heavy (non-hydrogen) atoms. The first-order chi connectivity index (χ1) is 5.81. The molecule has 0 aliphatic carbocycles. The summed E-state index contributed by atoms with van der Waals surface area (Å²) in [6.07, 6.45) is 1.60. The first-order valence-corrected chi connectivity index (χ1v) is 3.82. The zero-order valence-corrected chi connectivity index (χ0v) is 6.97. The summed E-state index contributed by atoms with van der Waals surface area (Å²) in [5.41, 5.74) is 2.26. The van der Waals surface area contributed by atoms with Gasteiger partial charge in [0.1, 0.15) is 6.07 Å². The van der Waals surface area contributed by atoms with Crippen LogP contribution in [0.4, 0.5) is 0 Å². The fourth-order valence-electron chi connectivity index (χ4n) is 1.06. The second-order valence-electron chi connectivity index (χ2n) is 2.40. The minimum Gasteiger partial charge on any atom is -0.345 e. The van der Waals surface area contributed by atoms with Gasteiger partial charge in [0.15, 0.2) is 0 Å². The first-order valence-electron chi connectivity index (χ1n) is 3.37. The lowest BCUT2D eigenvalue weighted by atomic mass is 10.2. The van der Waals surface area contributed by atoms with Crippen molar-refractivity contribution in [2.75, 3.05) is 0 Å². The van der Waals surface area contributed by atoms with Crippen LogP contribution in [-0.4, -0.2) is 9.97 Å². The second-order valence-corrected chi connectivity index (χ2v) is 2.88. The number of aromatic amines is 1. The average molecular weight is 175 g/mol. The molecule has 4 heteroatoms. The highest BCUT2D eigenvalue weighted by Crippen LogP contribution is 2.19.